The summed E-state index contributed by atoms with van der Waals surface area (Å²) >= 11 is 0. The number of hydrogen-bond donors (Lipinski definition) is 0. The molecule has 0 amide bonds. The van der Waals surface area contributed by atoms with Crippen molar-refractivity contribution in [3.05, 3.63) is 17.8 Å². The van der Waals surface area contributed by atoms with Crippen LogP contribution < -0.4 is 0 Å². The number of hydrogen-bond acceptors (Lipinski definition) is 0. The molecule has 0 aliphatic carbocycles. The predicted molar refractivity (Wildman–Crippen MR) is 30.5 cm³/mol. The van der Waals surface area contributed by atoms with Gasteiger partial charge in [-0.3, -0.25) is 0 Å². The van der Waals surface area contributed by atoms with Gasteiger partial charge in [0, 0.05) is 0 Å². The van der Waals surface area contributed by atoms with Gasteiger partial charge >= 0.3 is 38.3 Å². The van der Waals surface area contributed by atoms with Crippen LogP contribution in [-0.4, -0.2) is 20.5 Å². The van der Waals surface area contributed by atoms with Gasteiger partial charge < -0.3 is 0 Å². The Bertz CT molecular complexity index is 78.0. The molecule has 0 saturated heterocycles. The van der Waals surface area contributed by atoms with E-state index in [4.69, 9.17) is 0 Å². The van der Waals surface area contributed by atoms with E-state index in [2.05, 4.69) is 0 Å². The summed E-state index contributed by atoms with van der Waals surface area (Å²) in [7, 11) is 0. The van der Waals surface area contributed by atoms with Gasteiger partial charge in [-0.05, 0) is 0 Å². The summed E-state index contributed by atoms with van der Waals surface area (Å²) in [4.78, 5) is 0. The topological polar surface area (TPSA) is 0 Å². The van der Waals surface area contributed by atoms with Crippen LogP contribution >= 0.6 is 0 Å². The Hall–Kier alpha value is -0.195. The van der Waals surface area contributed by atoms with E-state index in [-0.39, 0.29) is 0 Å². The van der Waals surface area contributed by atoms with Crippen molar-refractivity contribution in [1.82, 2.24) is 0 Å². The molecule has 0 spiro atoms. The quantitative estimate of drug-likeness (QED) is 0.394. The first-order valence-corrected chi connectivity index (χ1v) is 2.00. The monoisotopic (exact) mass is 72.1 g/mol. The van der Waals surface area contributed by atoms with Gasteiger partial charge in [-0.15, -0.1) is 0 Å². The Kier molecular flexibility index (Phi) is 1.37. The fraction of sp³-hybridized carbons (Fsp3) is 0. The molecule has 1 aromatic rings. The average Bonchev–Trinajstić information content (AvgIpc) is 1.72. The van der Waals surface area contributed by atoms with Gasteiger partial charge in [0.25, 0.3) is 0 Å². The van der Waals surface area contributed by atoms with Gasteiger partial charge in [-0.2, -0.15) is 0 Å². The zero-order valence-electron chi connectivity index (χ0n) is 3.46. The van der Waals surface area contributed by atoms with Gasteiger partial charge in [0.1, 0.15) is 0 Å². The maximum atomic E-state index is 2.00. The van der Waals surface area contributed by atoms with Crippen molar-refractivity contribution in [2.45, 2.75) is 0 Å². The number of rotatable bonds is 0. The summed E-state index contributed by atoms with van der Waals surface area (Å²) in [5, 5.41) is 0. The first-order valence-electron chi connectivity index (χ1n) is 2.00. The van der Waals surface area contributed by atoms with Crippen LogP contribution in [-0.2, 0) is 0 Å². The third-order valence-corrected chi connectivity index (χ3v) is 0.667. The van der Waals surface area contributed by atoms with Gasteiger partial charge in [0.15, 0.2) is 0 Å². The Balaban J connectivity index is 3.00. The molecule has 24 valence electrons. The van der Waals surface area contributed by atoms with Gasteiger partial charge in [-0.1, -0.05) is 0 Å². The summed E-state index contributed by atoms with van der Waals surface area (Å²) in [6.07, 6.45) is 0. The van der Waals surface area contributed by atoms with E-state index in [0.29, 0.717) is 0 Å². The molecule has 0 nitrogen and oxygen atoms in total. The minimum absolute atomic E-state index is 2.00. The summed E-state index contributed by atoms with van der Waals surface area (Å²) in [5.74, 6) is 6.00. The van der Waals surface area contributed by atoms with Crippen LogP contribution in [0.5, 0.6) is 0 Å². The molecule has 0 unspecified atom stereocenters. The second-order valence-corrected chi connectivity index (χ2v) is 1.15. The van der Waals surface area contributed by atoms with Crippen molar-refractivity contribution in [3.8, 4) is 0 Å². The molecule has 0 saturated carbocycles. The van der Waals surface area contributed by atoms with E-state index < -0.39 is 0 Å². The average molecular weight is 71.5 g/mol. The molecule has 6 heavy (non-hydrogen) atoms. The third kappa shape index (κ3) is 0.888. The summed E-state index contributed by atoms with van der Waals surface area (Å²) < 4.78 is 0. The van der Waals surface area contributed by atoms with Crippen LogP contribution in [0.1, 0.15) is 0 Å². The van der Waals surface area contributed by atoms with Crippen LogP contribution in [0.25, 0.3) is 0 Å². The van der Waals surface area contributed by atoms with Crippen molar-refractivity contribution in [3.63, 3.8) is 0 Å². The fourth-order valence-electron chi connectivity index (χ4n) is 0.385. The molecule has 0 radical (unpaired) electrons. The van der Waals surface area contributed by atoms with Gasteiger partial charge in [0.05, 0.1) is 0 Å². The van der Waals surface area contributed by atoms with Crippen LogP contribution in [0.4, 0.5) is 0 Å². The SMILES string of the molecule is b1bccbc1. The van der Waals surface area contributed by atoms with E-state index in [1.807, 2.05) is 38.3 Å². The fourth-order valence-corrected chi connectivity index (χ4v) is 0.385. The summed E-state index contributed by atoms with van der Waals surface area (Å²) in [6, 6.07) is 0. The van der Waals surface area contributed by atoms with Crippen LogP contribution in [0.15, 0.2) is 17.8 Å². The predicted octanol–water partition coefficient (Wildman–Crippen LogP) is -0.299. The summed E-state index contributed by atoms with van der Waals surface area (Å²) in [6.45, 7) is 6.00. The molecule has 0 aliphatic rings. The molecule has 3 heteroatoms. The van der Waals surface area contributed by atoms with Crippen LogP contribution in [0.2, 0.25) is 0 Å². The Morgan fingerprint density at radius 3 is 2.17 bits per heavy atom. The van der Waals surface area contributed by atoms with Crippen molar-refractivity contribution in [2.24, 2.45) is 0 Å². The third-order valence-electron chi connectivity index (χ3n) is 0.667. The first kappa shape index (κ1) is 3.98. The Morgan fingerprint density at radius 1 is 1.00 bits per heavy atom. The first-order chi connectivity index (χ1) is 3.00. The minimum atomic E-state index is 2.00. The molecule has 0 aliphatic heterocycles. The van der Waals surface area contributed by atoms with Gasteiger partial charge in [0.2, 0.25) is 0 Å². The molecule has 0 fully saturated rings. The molecule has 0 N–H and O–H groups in total. The van der Waals surface area contributed by atoms with E-state index in [1.165, 1.54) is 0 Å². The van der Waals surface area contributed by atoms with Crippen molar-refractivity contribution < 1.29 is 0 Å². The van der Waals surface area contributed by atoms with Gasteiger partial charge in [-0.25, -0.2) is 0 Å². The van der Waals surface area contributed by atoms with Crippen LogP contribution in [0.3, 0.4) is 0 Å². The molecule has 0 atom stereocenters. The van der Waals surface area contributed by atoms with E-state index in [0.717, 1.165) is 0 Å². The molecule has 1 heterocycles. The second-order valence-electron chi connectivity index (χ2n) is 1.15. The Labute approximate surface area is 39.2 Å². The van der Waals surface area contributed by atoms with E-state index in [9.17, 15) is 0 Å². The van der Waals surface area contributed by atoms with E-state index in [1.54, 1.807) is 0 Å². The zero-order chi connectivity index (χ0) is 4.24. The van der Waals surface area contributed by atoms with Crippen LogP contribution in [0, 0.1) is 0 Å². The molecule has 0 bridgehead atoms. The summed E-state index contributed by atoms with van der Waals surface area (Å²) in [5.41, 5.74) is 0. The molecule has 0 aromatic carbocycles. The molecule has 1 aromatic heterocycles. The van der Waals surface area contributed by atoms with Crippen molar-refractivity contribution >= 4 is 20.5 Å². The molecular weight excluding hydrogens is 68.5 g/mol. The van der Waals surface area contributed by atoms with E-state index >= 15 is 0 Å². The zero-order valence-corrected chi connectivity index (χ0v) is 3.46. The van der Waals surface area contributed by atoms with Crippen molar-refractivity contribution in [2.75, 3.05) is 0 Å². The maximum absolute atomic E-state index is 2.00. The molecular formula is C3H3B3. The standard InChI is InChI=1S/C3H3B3/c1-2-5-6-3-4-1/h1-3H. The normalized spacial score (nSPS) is 6.00. The molecule has 1 rings (SSSR count). The Morgan fingerprint density at radius 2 is 2.00 bits per heavy atom. The van der Waals surface area contributed by atoms with Crippen molar-refractivity contribution in [1.29, 1.82) is 0 Å². The second kappa shape index (κ2) is 2.06.